The van der Waals surface area contributed by atoms with Crippen LogP contribution in [0, 0.1) is 3.57 Å². The van der Waals surface area contributed by atoms with Crippen LogP contribution < -0.4 is 0 Å². The lowest BCUT2D eigenvalue weighted by atomic mass is 10.2. The van der Waals surface area contributed by atoms with Crippen LogP contribution in [0.3, 0.4) is 0 Å². The topological polar surface area (TPSA) is 68.3 Å². The number of rotatable bonds is 1. The van der Waals surface area contributed by atoms with Gasteiger partial charge >= 0.3 is 0 Å². The molecule has 0 saturated carbocycles. The summed E-state index contributed by atoms with van der Waals surface area (Å²) < 4.78 is 48.1. The van der Waals surface area contributed by atoms with E-state index in [0.717, 1.165) is 20.5 Å². The molecular weight excluding hydrogens is 387 g/mol. The molecule has 0 bridgehead atoms. The number of benzene rings is 1. The van der Waals surface area contributed by atoms with Gasteiger partial charge in [0.2, 0.25) is 0 Å². The maximum atomic E-state index is 12.0. The molecule has 1 aliphatic heterocycles. The van der Waals surface area contributed by atoms with Gasteiger partial charge in [0.25, 0.3) is 0 Å². The summed E-state index contributed by atoms with van der Waals surface area (Å²) in [6.07, 6.45) is 1.15. The Bertz CT molecular complexity index is 726. The summed E-state index contributed by atoms with van der Waals surface area (Å²) in [5.41, 5.74) is 0.391. The summed E-state index contributed by atoms with van der Waals surface area (Å²) in [6.45, 7) is 0. The van der Waals surface area contributed by atoms with Crippen LogP contribution in [0.1, 0.15) is 5.56 Å². The highest BCUT2D eigenvalue weighted by molar-refractivity contribution is 14.1. The summed E-state index contributed by atoms with van der Waals surface area (Å²) in [5, 5.41) is 1.73. The minimum Gasteiger partial charge on any atom is -0.223 e. The average Bonchev–Trinajstić information content (AvgIpc) is 2.36. The fourth-order valence-corrected chi connectivity index (χ4v) is 4.89. The van der Waals surface area contributed by atoms with Gasteiger partial charge in [0, 0.05) is 8.98 Å². The molecule has 4 nitrogen and oxygen atoms in total. The smallest absolute Gasteiger partial charge is 0.194 e. The van der Waals surface area contributed by atoms with Crippen molar-refractivity contribution in [1.82, 2.24) is 0 Å². The van der Waals surface area contributed by atoms with E-state index in [0.29, 0.717) is 5.56 Å². The van der Waals surface area contributed by atoms with Crippen LogP contribution in [-0.4, -0.2) is 22.6 Å². The van der Waals surface area contributed by atoms with Crippen LogP contribution in [0.2, 0.25) is 0 Å². The van der Waals surface area contributed by atoms with Gasteiger partial charge in [-0.25, -0.2) is 16.8 Å². The molecule has 7 heteroatoms. The van der Waals surface area contributed by atoms with E-state index in [1.165, 1.54) is 0 Å². The van der Waals surface area contributed by atoms with Gasteiger partial charge in [-0.15, -0.1) is 0 Å². The summed E-state index contributed by atoms with van der Waals surface area (Å²) >= 11 is 2.09. The standard InChI is InChI=1S/C11H9IO4S2/c12-10-4-2-9(3-5-10)11-8-17(13,14)6-1-7-18(11,15)16/h1-6,8H,7H2. The van der Waals surface area contributed by atoms with Crippen LogP contribution in [0.25, 0.3) is 4.91 Å². The highest BCUT2D eigenvalue weighted by Crippen LogP contribution is 2.26. The second-order valence-electron chi connectivity index (χ2n) is 3.73. The molecule has 1 aliphatic rings. The first-order valence-corrected chi connectivity index (χ1v) is 9.26. The Morgan fingerprint density at radius 2 is 1.61 bits per heavy atom. The van der Waals surface area contributed by atoms with E-state index in [1.807, 2.05) is 0 Å². The summed E-state index contributed by atoms with van der Waals surface area (Å²) in [5.74, 6) is -0.302. The first-order chi connectivity index (χ1) is 8.30. The molecule has 18 heavy (non-hydrogen) atoms. The molecule has 0 aromatic heterocycles. The normalized spacial score (nSPS) is 21.1. The fourth-order valence-electron chi connectivity index (χ4n) is 1.51. The maximum Gasteiger partial charge on any atom is 0.194 e. The zero-order chi connectivity index (χ0) is 13.4. The van der Waals surface area contributed by atoms with Crippen molar-refractivity contribution in [3.8, 4) is 0 Å². The van der Waals surface area contributed by atoms with Gasteiger partial charge in [0.05, 0.1) is 16.1 Å². The van der Waals surface area contributed by atoms with Gasteiger partial charge in [-0.05, 0) is 40.3 Å². The minimum absolute atomic E-state index is 0.149. The fraction of sp³-hybridized carbons (Fsp3) is 0.0909. The molecule has 2 rings (SSSR count). The number of hydrogen-bond donors (Lipinski definition) is 0. The molecule has 0 amide bonds. The second kappa shape index (κ2) is 4.78. The van der Waals surface area contributed by atoms with E-state index < -0.39 is 19.7 Å². The lowest BCUT2D eigenvalue weighted by Gasteiger charge is -2.06. The van der Waals surface area contributed by atoms with E-state index in [4.69, 9.17) is 0 Å². The van der Waals surface area contributed by atoms with E-state index >= 15 is 0 Å². The number of hydrogen-bond acceptors (Lipinski definition) is 4. The second-order valence-corrected chi connectivity index (χ2v) is 8.67. The third-order valence-electron chi connectivity index (χ3n) is 2.34. The predicted molar refractivity (Wildman–Crippen MR) is 79.0 cm³/mol. The van der Waals surface area contributed by atoms with Gasteiger partial charge < -0.3 is 0 Å². The first kappa shape index (κ1) is 13.8. The highest BCUT2D eigenvalue weighted by atomic mass is 127. The molecule has 1 heterocycles. The molecule has 0 fully saturated rings. The number of halogens is 1. The maximum absolute atomic E-state index is 12.0. The van der Waals surface area contributed by atoms with Gasteiger partial charge in [-0.3, -0.25) is 0 Å². The Hall–Kier alpha value is -0.670. The molecule has 1 aromatic rings. The molecule has 0 saturated heterocycles. The molecule has 0 unspecified atom stereocenters. The van der Waals surface area contributed by atoms with Crippen molar-refractivity contribution in [2.75, 3.05) is 5.75 Å². The molecule has 0 spiro atoms. The molecule has 1 aromatic carbocycles. The van der Waals surface area contributed by atoms with Crippen molar-refractivity contribution in [2.45, 2.75) is 0 Å². The van der Waals surface area contributed by atoms with Gasteiger partial charge in [-0.1, -0.05) is 18.2 Å². The molecule has 0 N–H and O–H groups in total. The summed E-state index contributed by atoms with van der Waals surface area (Å²) in [6, 6.07) is 6.67. The third-order valence-corrected chi connectivity index (χ3v) is 6.00. The van der Waals surface area contributed by atoms with Crippen molar-refractivity contribution < 1.29 is 16.8 Å². The van der Waals surface area contributed by atoms with Gasteiger partial charge in [0.15, 0.2) is 19.7 Å². The third kappa shape index (κ3) is 3.01. The van der Waals surface area contributed by atoms with E-state index in [1.54, 1.807) is 24.3 Å². The van der Waals surface area contributed by atoms with Crippen molar-refractivity contribution in [2.24, 2.45) is 0 Å². The van der Waals surface area contributed by atoms with Crippen LogP contribution in [0.4, 0.5) is 0 Å². The van der Waals surface area contributed by atoms with Crippen LogP contribution in [0.15, 0.2) is 41.2 Å². The monoisotopic (exact) mass is 396 g/mol. The van der Waals surface area contributed by atoms with Crippen LogP contribution >= 0.6 is 22.6 Å². The zero-order valence-electron chi connectivity index (χ0n) is 9.08. The zero-order valence-corrected chi connectivity index (χ0v) is 12.9. The van der Waals surface area contributed by atoms with E-state index in [9.17, 15) is 16.8 Å². The molecule has 96 valence electrons. The lowest BCUT2D eigenvalue weighted by Crippen LogP contribution is -2.06. The molecule has 0 atom stereocenters. The van der Waals surface area contributed by atoms with E-state index in [-0.39, 0.29) is 10.7 Å². The van der Waals surface area contributed by atoms with Crippen molar-refractivity contribution in [3.05, 3.63) is 50.3 Å². The predicted octanol–water partition coefficient (Wildman–Crippen LogP) is 1.95. The largest absolute Gasteiger partial charge is 0.223 e. The Morgan fingerprint density at radius 1 is 1.00 bits per heavy atom. The van der Waals surface area contributed by atoms with Crippen LogP contribution in [0.5, 0.6) is 0 Å². The van der Waals surface area contributed by atoms with E-state index in [2.05, 4.69) is 22.6 Å². The lowest BCUT2D eigenvalue weighted by molar-refractivity contribution is 0.607. The van der Waals surface area contributed by atoms with Crippen LogP contribution in [-0.2, 0) is 19.7 Å². The van der Waals surface area contributed by atoms with Crippen molar-refractivity contribution >= 4 is 47.2 Å². The average molecular weight is 396 g/mol. The molecule has 0 aliphatic carbocycles. The van der Waals surface area contributed by atoms with Gasteiger partial charge in [0.1, 0.15) is 0 Å². The minimum atomic E-state index is -3.62. The summed E-state index contributed by atoms with van der Waals surface area (Å²) in [7, 11) is -7.23. The highest BCUT2D eigenvalue weighted by Gasteiger charge is 2.23. The Kier molecular flexibility index (Phi) is 3.65. The van der Waals surface area contributed by atoms with Crippen molar-refractivity contribution in [1.29, 1.82) is 0 Å². The Morgan fingerprint density at radius 3 is 2.22 bits per heavy atom. The van der Waals surface area contributed by atoms with Crippen molar-refractivity contribution in [3.63, 3.8) is 0 Å². The quantitative estimate of drug-likeness (QED) is 0.681. The SMILES string of the molecule is O=S1(=O)C=CCS(=O)(=O)C(c2ccc(I)cc2)=C1. The summed E-state index contributed by atoms with van der Waals surface area (Å²) in [4.78, 5) is -0.149. The molecular formula is C11H9IO4S2. The van der Waals surface area contributed by atoms with Gasteiger partial charge in [-0.2, -0.15) is 0 Å². The first-order valence-electron chi connectivity index (χ1n) is 4.92. The number of sulfone groups is 2. The molecule has 0 radical (unpaired) electrons. The Balaban J connectivity index is 2.66. The Labute approximate surface area is 119 Å².